The number of amides is 1. The molecule has 1 aromatic carbocycles. The van der Waals surface area contributed by atoms with Crippen molar-refractivity contribution in [3.8, 4) is 17.2 Å². The van der Waals surface area contributed by atoms with E-state index in [1.165, 1.54) is 24.5 Å². The van der Waals surface area contributed by atoms with Crippen molar-refractivity contribution in [1.82, 2.24) is 10.3 Å². The highest BCUT2D eigenvalue weighted by atomic mass is 19.4. The van der Waals surface area contributed by atoms with Crippen molar-refractivity contribution in [2.45, 2.75) is 12.4 Å². The lowest BCUT2D eigenvalue weighted by Gasteiger charge is -2.25. The van der Waals surface area contributed by atoms with E-state index in [0.717, 1.165) is 12.1 Å². The Bertz CT molecular complexity index is 750. The summed E-state index contributed by atoms with van der Waals surface area (Å²) in [5.74, 6) is 0.128. The Morgan fingerprint density at radius 2 is 1.88 bits per heavy atom. The summed E-state index contributed by atoms with van der Waals surface area (Å²) in [5.41, 5.74) is 0.603. The highest BCUT2D eigenvalue weighted by molar-refractivity contribution is 5.78. The third kappa shape index (κ3) is 4.60. The number of halogens is 3. The van der Waals surface area contributed by atoms with Crippen molar-refractivity contribution in [2.24, 2.45) is 0 Å². The minimum atomic E-state index is -4.75. The quantitative estimate of drug-likeness (QED) is 0.914. The molecule has 132 valence electrons. The Morgan fingerprint density at radius 1 is 1.16 bits per heavy atom. The van der Waals surface area contributed by atoms with Gasteiger partial charge in [0.15, 0.2) is 0 Å². The second kappa shape index (κ2) is 6.98. The molecule has 3 rings (SSSR count). The van der Waals surface area contributed by atoms with Gasteiger partial charge in [-0.25, -0.2) is 0 Å². The van der Waals surface area contributed by atoms with Crippen LogP contribution < -0.4 is 14.8 Å². The van der Waals surface area contributed by atoms with Crippen molar-refractivity contribution < 1.29 is 32.2 Å². The van der Waals surface area contributed by atoms with Gasteiger partial charge in [0.25, 0.3) is 0 Å². The van der Waals surface area contributed by atoms with Crippen molar-refractivity contribution in [3.05, 3.63) is 48.3 Å². The molecular weight excluding hydrogens is 341 g/mol. The average Bonchev–Trinajstić information content (AvgIpc) is 2.56. The molecule has 1 N–H and O–H groups in total. The second-order valence-corrected chi connectivity index (χ2v) is 5.17. The molecule has 0 bridgehead atoms. The lowest BCUT2D eigenvalue weighted by Crippen LogP contribution is -2.39. The monoisotopic (exact) mass is 354 g/mol. The number of carbonyl (C=O) groups is 1. The van der Waals surface area contributed by atoms with Gasteiger partial charge >= 0.3 is 6.36 Å². The molecule has 1 unspecified atom stereocenters. The van der Waals surface area contributed by atoms with E-state index in [2.05, 4.69) is 15.0 Å². The summed E-state index contributed by atoms with van der Waals surface area (Å²) in [7, 11) is 0. The molecule has 25 heavy (non-hydrogen) atoms. The molecule has 1 aliphatic heterocycles. The van der Waals surface area contributed by atoms with Crippen LogP contribution in [0, 0.1) is 0 Å². The van der Waals surface area contributed by atoms with E-state index in [1.54, 1.807) is 6.07 Å². The molecule has 1 aliphatic rings. The van der Waals surface area contributed by atoms with Gasteiger partial charge in [0, 0.05) is 18.0 Å². The third-order valence-corrected chi connectivity index (χ3v) is 3.32. The number of ether oxygens (including phenoxy) is 3. The predicted octanol–water partition coefficient (Wildman–Crippen LogP) is 2.96. The Morgan fingerprint density at radius 3 is 2.56 bits per heavy atom. The zero-order valence-corrected chi connectivity index (χ0v) is 12.7. The van der Waals surface area contributed by atoms with Crippen molar-refractivity contribution >= 4 is 5.91 Å². The number of pyridine rings is 1. The van der Waals surface area contributed by atoms with Crippen LogP contribution >= 0.6 is 0 Å². The first-order valence-corrected chi connectivity index (χ1v) is 7.25. The minimum absolute atomic E-state index is 0.00633. The van der Waals surface area contributed by atoms with Crippen LogP contribution in [-0.4, -0.2) is 30.5 Å². The topological polar surface area (TPSA) is 69.7 Å². The van der Waals surface area contributed by atoms with Crippen LogP contribution in [0.15, 0.2) is 42.7 Å². The zero-order chi connectivity index (χ0) is 17.9. The molecule has 0 radical (unpaired) electrons. The van der Waals surface area contributed by atoms with Gasteiger partial charge in [-0.15, -0.1) is 13.2 Å². The maximum absolute atomic E-state index is 12.2. The highest BCUT2D eigenvalue weighted by Crippen LogP contribution is 2.31. The minimum Gasteiger partial charge on any atom is -0.457 e. The van der Waals surface area contributed by atoms with Crippen molar-refractivity contribution in [1.29, 1.82) is 0 Å². The van der Waals surface area contributed by atoms with Crippen LogP contribution in [0.1, 0.15) is 11.6 Å². The largest absolute Gasteiger partial charge is 0.573 e. The predicted molar refractivity (Wildman–Crippen MR) is 79.1 cm³/mol. The van der Waals surface area contributed by atoms with E-state index >= 15 is 0 Å². The molecule has 1 aromatic heterocycles. The maximum atomic E-state index is 12.2. The Hall–Kier alpha value is -2.81. The summed E-state index contributed by atoms with van der Waals surface area (Å²) in [6, 6.07) is 6.17. The average molecular weight is 354 g/mol. The van der Waals surface area contributed by atoms with E-state index < -0.39 is 12.4 Å². The highest BCUT2D eigenvalue weighted by Gasteiger charge is 2.31. The van der Waals surface area contributed by atoms with Gasteiger partial charge in [-0.3, -0.25) is 9.78 Å². The fraction of sp³-hybridized carbons (Fsp3) is 0.250. The molecule has 1 saturated heterocycles. The number of rotatable bonds is 4. The first-order valence-electron chi connectivity index (χ1n) is 7.25. The van der Waals surface area contributed by atoms with Crippen LogP contribution in [0.4, 0.5) is 13.2 Å². The lowest BCUT2D eigenvalue weighted by atomic mass is 10.1. The molecule has 6 nitrogen and oxygen atoms in total. The number of nitrogens with zero attached hydrogens (tertiary/aromatic N) is 1. The maximum Gasteiger partial charge on any atom is 0.573 e. The van der Waals surface area contributed by atoms with E-state index in [0.29, 0.717) is 17.1 Å². The number of morpholine rings is 1. The molecule has 0 spiro atoms. The first-order chi connectivity index (χ1) is 11.9. The van der Waals surface area contributed by atoms with Crippen LogP contribution in [0.25, 0.3) is 0 Å². The van der Waals surface area contributed by atoms with Gasteiger partial charge in [-0.1, -0.05) is 0 Å². The Labute approximate surface area is 140 Å². The number of nitrogens with one attached hydrogen (secondary N) is 1. The molecule has 9 heteroatoms. The smallest absolute Gasteiger partial charge is 0.457 e. The van der Waals surface area contributed by atoms with Crippen LogP contribution in [0.3, 0.4) is 0 Å². The van der Waals surface area contributed by atoms with Crippen molar-refractivity contribution in [3.63, 3.8) is 0 Å². The molecule has 1 fully saturated rings. The molecular formula is C16H13F3N2O4. The Kier molecular flexibility index (Phi) is 4.75. The van der Waals surface area contributed by atoms with Gasteiger partial charge < -0.3 is 19.5 Å². The first kappa shape index (κ1) is 17.0. The number of alkyl halides is 3. The standard InChI is InChI=1S/C16H13F3N2O4/c17-16(18,19)25-11-3-1-10(2-4-11)24-14-5-6-20-7-12(14)13-8-23-9-15(22)21-13/h1-7,13H,8-9H2,(H,21,22). The van der Waals surface area contributed by atoms with Crippen LogP contribution in [0.5, 0.6) is 17.2 Å². The lowest BCUT2D eigenvalue weighted by molar-refractivity contribution is -0.274. The summed E-state index contributed by atoms with van der Waals surface area (Å²) < 4.78 is 51.2. The summed E-state index contributed by atoms with van der Waals surface area (Å²) >= 11 is 0. The van der Waals surface area contributed by atoms with E-state index in [4.69, 9.17) is 9.47 Å². The van der Waals surface area contributed by atoms with E-state index in [-0.39, 0.29) is 24.9 Å². The van der Waals surface area contributed by atoms with Crippen molar-refractivity contribution in [2.75, 3.05) is 13.2 Å². The molecule has 1 atom stereocenters. The number of hydrogen-bond donors (Lipinski definition) is 1. The molecule has 0 saturated carbocycles. The fourth-order valence-electron chi connectivity index (χ4n) is 2.30. The van der Waals surface area contributed by atoms with Gasteiger partial charge in [0.05, 0.1) is 12.6 Å². The summed E-state index contributed by atoms with van der Waals surface area (Å²) in [6.07, 6.45) is -1.71. The summed E-state index contributed by atoms with van der Waals surface area (Å²) in [5, 5.41) is 2.76. The molecule has 2 aromatic rings. The summed E-state index contributed by atoms with van der Waals surface area (Å²) in [6.45, 7) is 0.264. The number of aromatic nitrogens is 1. The van der Waals surface area contributed by atoms with E-state index in [9.17, 15) is 18.0 Å². The van der Waals surface area contributed by atoms with E-state index in [1.807, 2.05) is 0 Å². The van der Waals surface area contributed by atoms with Crippen LogP contribution in [0.2, 0.25) is 0 Å². The number of benzene rings is 1. The van der Waals surface area contributed by atoms with Crippen LogP contribution in [-0.2, 0) is 9.53 Å². The second-order valence-electron chi connectivity index (χ2n) is 5.17. The molecule has 2 heterocycles. The third-order valence-electron chi connectivity index (χ3n) is 3.32. The number of hydrogen-bond acceptors (Lipinski definition) is 5. The fourth-order valence-corrected chi connectivity index (χ4v) is 2.30. The number of carbonyl (C=O) groups excluding carboxylic acids is 1. The van der Waals surface area contributed by atoms with Gasteiger partial charge in [-0.05, 0) is 30.3 Å². The molecule has 0 aliphatic carbocycles. The van der Waals surface area contributed by atoms with Gasteiger partial charge in [0.2, 0.25) is 5.91 Å². The SMILES string of the molecule is O=C1COCC(c2cnccc2Oc2ccc(OC(F)(F)F)cc2)N1. The Balaban J connectivity index is 1.76. The van der Waals surface area contributed by atoms with Gasteiger partial charge in [0.1, 0.15) is 23.9 Å². The molecule has 1 amide bonds. The zero-order valence-electron chi connectivity index (χ0n) is 12.7. The summed E-state index contributed by atoms with van der Waals surface area (Å²) in [4.78, 5) is 15.5. The normalized spacial score (nSPS) is 17.7. The van der Waals surface area contributed by atoms with Gasteiger partial charge in [-0.2, -0.15) is 0 Å².